The molecule has 2 N–H and O–H groups in total. The predicted molar refractivity (Wildman–Crippen MR) is 95.2 cm³/mol. The monoisotopic (exact) mass is 340 g/mol. The summed E-state index contributed by atoms with van der Waals surface area (Å²) in [6.07, 6.45) is 2.93. The summed E-state index contributed by atoms with van der Waals surface area (Å²) in [5, 5.41) is 0. The highest BCUT2D eigenvalue weighted by molar-refractivity contribution is 5.97. The highest BCUT2D eigenvalue weighted by Crippen LogP contribution is 2.28. The third-order valence-corrected chi connectivity index (χ3v) is 3.25. The maximum absolute atomic E-state index is 11.8. The molecule has 2 aromatic carbocycles. The van der Waals surface area contributed by atoms with Gasteiger partial charge in [0.1, 0.15) is 0 Å². The molecule has 2 amide bonds. The molecular weight excluding hydrogens is 320 g/mol. The Labute approximate surface area is 146 Å². The number of benzene rings is 2. The zero-order valence-electron chi connectivity index (χ0n) is 14.1. The molecule has 6 nitrogen and oxygen atoms in total. The van der Waals surface area contributed by atoms with Gasteiger partial charge in [0.25, 0.3) is 11.8 Å². The van der Waals surface area contributed by atoms with Gasteiger partial charge in [-0.25, -0.2) is 0 Å². The average molecular weight is 340 g/mol. The van der Waals surface area contributed by atoms with Gasteiger partial charge in [0, 0.05) is 11.6 Å². The molecule has 0 bridgehead atoms. The molecule has 0 aliphatic carbocycles. The van der Waals surface area contributed by atoms with E-state index in [2.05, 4.69) is 10.9 Å². The molecule has 0 atom stereocenters. The van der Waals surface area contributed by atoms with E-state index in [1.165, 1.54) is 6.08 Å². The van der Waals surface area contributed by atoms with Crippen LogP contribution in [0, 0.1) is 0 Å². The van der Waals surface area contributed by atoms with Crippen molar-refractivity contribution in [2.45, 2.75) is 6.92 Å². The van der Waals surface area contributed by atoms with Crippen LogP contribution in [0.1, 0.15) is 22.8 Å². The smallest absolute Gasteiger partial charge is 0.269 e. The van der Waals surface area contributed by atoms with Gasteiger partial charge >= 0.3 is 0 Å². The van der Waals surface area contributed by atoms with Crippen LogP contribution in [0.4, 0.5) is 0 Å². The summed E-state index contributed by atoms with van der Waals surface area (Å²) in [7, 11) is 1.55. The molecule has 0 unspecified atom stereocenters. The van der Waals surface area contributed by atoms with Gasteiger partial charge in [0.15, 0.2) is 11.5 Å². The molecule has 0 saturated heterocycles. The Balaban J connectivity index is 1.92. The number of hydrazine groups is 1. The fourth-order valence-corrected chi connectivity index (χ4v) is 2.06. The molecule has 0 spiro atoms. The van der Waals surface area contributed by atoms with Crippen LogP contribution in [-0.4, -0.2) is 25.5 Å². The molecule has 0 fully saturated rings. The number of nitrogens with one attached hydrogen (secondary N) is 2. The lowest BCUT2D eigenvalue weighted by Crippen LogP contribution is -2.40. The van der Waals surface area contributed by atoms with Crippen molar-refractivity contribution < 1.29 is 19.1 Å². The normalized spacial score (nSPS) is 10.3. The van der Waals surface area contributed by atoms with Crippen molar-refractivity contribution in [2.75, 3.05) is 13.7 Å². The second kappa shape index (κ2) is 9.12. The van der Waals surface area contributed by atoms with Crippen molar-refractivity contribution in [3.05, 3.63) is 65.7 Å². The Morgan fingerprint density at radius 3 is 2.48 bits per heavy atom. The molecule has 6 heteroatoms. The molecule has 130 valence electrons. The molecule has 0 aliphatic heterocycles. The summed E-state index contributed by atoms with van der Waals surface area (Å²) in [4.78, 5) is 23.6. The first kappa shape index (κ1) is 18.1. The van der Waals surface area contributed by atoms with Crippen molar-refractivity contribution in [3.8, 4) is 11.5 Å². The number of ether oxygens (including phenoxy) is 2. The minimum atomic E-state index is -0.447. The van der Waals surface area contributed by atoms with Crippen LogP contribution in [-0.2, 0) is 4.79 Å². The molecule has 2 rings (SSSR count). The molecule has 2 aromatic rings. The van der Waals surface area contributed by atoms with E-state index in [1.54, 1.807) is 55.7 Å². The fourth-order valence-electron chi connectivity index (χ4n) is 2.06. The summed E-state index contributed by atoms with van der Waals surface area (Å²) >= 11 is 0. The van der Waals surface area contributed by atoms with Gasteiger partial charge in [-0.3, -0.25) is 20.4 Å². The van der Waals surface area contributed by atoms with Gasteiger partial charge < -0.3 is 9.47 Å². The molecular formula is C19H20N2O4. The zero-order valence-corrected chi connectivity index (χ0v) is 14.1. The largest absolute Gasteiger partial charge is 0.493 e. The van der Waals surface area contributed by atoms with Gasteiger partial charge in [-0.1, -0.05) is 24.3 Å². The van der Waals surface area contributed by atoms with E-state index in [4.69, 9.17) is 9.47 Å². The second-order valence-corrected chi connectivity index (χ2v) is 4.99. The Bertz CT molecular complexity index is 757. The van der Waals surface area contributed by atoms with Crippen molar-refractivity contribution >= 4 is 17.9 Å². The molecule has 0 saturated carbocycles. The van der Waals surface area contributed by atoms with Crippen LogP contribution in [0.3, 0.4) is 0 Å². The quantitative estimate of drug-likeness (QED) is 0.626. The first-order chi connectivity index (χ1) is 12.1. The number of methoxy groups -OCH3 is 1. The highest BCUT2D eigenvalue weighted by Gasteiger charge is 2.06. The van der Waals surface area contributed by atoms with Gasteiger partial charge in [0.2, 0.25) is 0 Å². The van der Waals surface area contributed by atoms with E-state index in [0.717, 1.165) is 5.56 Å². The fraction of sp³-hybridized carbons (Fsp3) is 0.158. The Kier molecular flexibility index (Phi) is 6.59. The summed E-state index contributed by atoms with van der Waals surface area (Å²) in [5.74, 6) is 0.394. The predicted octanol–water partition coefficient (Wildman–Crippen LogP) is 2.57. The third kappa shape index (κ3) is 5.39. The second-order valence-electron chi connectivity index (χ2n) is 4.99. The minimum absolute atomic E-state index is 0.384. The van der Waals surface area contributed by atoms with Crippen molar-refractivity contribution in [1.82, 2.24) is 10.9 Å². The third-order valence-electron chi connectivity index (χ3n) is 3.25. The lowest BCUT2D eigenvalue weighted by atomic mass is 10.2. The van der Waals surface area contributed by atoms with Crippen LogP contribution >= 0.6 is 0 Å². The van der Waals surface area contributed by atoms with Crippen molar-refractivity contribution in [1.29, 1.82) is 0 Å². The molecule has 0 radical (unpaired) electrons. The Morgan fingerprint density at radius 1 is 1.04 bits per heavy atom. The van der Waals surface area contributed by atoms with Gasteiger partial charge in [-0.05, 0) is 42.8 Å². The first-order valence-corrected chi connectivity index (χ1v) is 7.78. The molecule has 0 aromatic heterocycles. The van der Waals surface area contributed by atoms with E-state index in [9.17, 15) is 9.59 Å². The summed E-state index contributed by atoms with van der Waals surface area (Å²) in [6, 6.07) is 14.0. The number of rotatable bonds is 6. The van der Waals surface area contributed by atoms with Crippen LogP contribution in [0.25, 0.3) is 6.08 Å². The van der Waals surface area contributed by atoms with Gasteiger partial charge in [0.05, 0.1) is 13.7 Å². The van der Waals surface area contributed by atoms with Gasteiger partial charge in [-0.2, -0.15) is 0 Å². The number of carbonyl (C=O) groups excluding carboxylic acids is 2. The molecule has 25 heavy (non-hydrogen) atoms. The summed E-state index contributed by atoms with van der Waals surface area (Å²) in [5.41, 5.74) is 5.91. The maximum Gasteiger partial charge on any atom is 0.269 e. The average Bonchev–Trinajstić information content (AvgIpc) is 2.66. The van der Waals surface area contributed by atoms with Crippen molar-refractivity contribution in [3.63, 3.8) is 0 Å². The standard InChI is InChI=1S/C19H20N2O4/c1-3-25-16-11-9-14(13-17(16)24-2)10-12-18(22)20-21-19(23)15-7-5-4-6-8-15/h4-13H,3H2,1-2H3,(H,20,22)(H,21,23)/b12-10+. The number of carbonyl (C=O) groups is 2. The Morgan fingerprint density at radius 2 is 1.80 bits per heavy atom. The van der Waals surface area contributed by atoms with E-state index >= 15 is 0 Å². The molecule has 0 heterocycles. The van der Waals surface area contributed by atoms with Crippen molar-refractivity contribution in [2.24, 2.45) is 0 Å². The summed E-state index contributed by atoms with van der Waals surface area (Å²) in [6.45, 7) is 2.43. The summed E-state index contributed by atoms with van der Waals surface area (Å²) < 4.78 is 10.7. The Hall–Kier alpha value is -3.28. The number of hydrogen-bond donors (Lipinski definition) is 2. The van der Waals surface area contributed by atoms with Crippen LogP contribution in [0.2, 0.25) is 0 Å². The number of hydrogen-bond acceptors (Lipinski definition) is 4. The van der Waals surface area contributed by atoms with Gasteiger partial charge in [-0.15, -0.1) is 0 Å². The van der Waals surface area contributed by atoms with E-state index < -0.39 is 5.91 Å². The van der Waals surface area contributed by atoms with E-state index in [0.29, 0.717) is 23.7 Å². The van der Waals surface area contributed by atoms with E-state index in [1.807, 2.05) is 13.0 Å². The lowest BCUT2D eigenvalue weighted by Gasteiger charge is -2.09. The molecule has 0 aliphatic rings. The SMILES string of the molecule is CCOc1ccc(/C=C/C(=O)NNC(=O)c2ccccc2)cc1OC. The van der Waals surface area contributed by atoms with Crippen LogP contribution < -0.4 is 20.3 Å². The first-order valence-electron chi connectivity index (χ1n) is 7.78. The minimum Gasteiger partial charge on any atom is -0.493 e. The number of amides is 2. The van der Waals surface area contributed by atoms with E-state index in [-0.39, 0.29) is 5.91 Å². The maximum atomic E-state index is 11.8. The lowest BCUT2D eigenvalue weighted by molar-refractivity contribution is -0.117. The van der Waals surface area contributed by atoms with Crippen LogP contribution in [0.5, 0.6) is 11.5 Å². The van der Waals surface area contributed by atoms with Crippen LogP contribution in [0.15, 0.2) is 54.6 Å². The highest BCUT2D eigenvalue weighted by atomic mass is 16.5. The topological polar surface area (TPSA) is 76.7 Å². The zero-order chi connectivity index (χ0) is 18.1.